The van der Waals surface area contributed by atoms with E-state index in [0.717, 1.165) is 16.5 Å². The van der Waals surface area contributed by atoms with Crippen molar-refractivity contribution in [3.05, 3.63) is 66.1 Å². The predicted molar refractivity (Wildman–Crippen MR) is 77.3 cm³/mol. The van der Waals surface area contributed by atoms with Gasteiger partial charge in [-0.05, 0) is 35.9 Å². The Bertz CT molecular complexity index is 802. The number of pyridine rings is 2. The Morgan fingerprint density at radius 3 is 2.76 bits per heavy atom. The molecule has 0 aliphatic heterocycles. The van der Waals surface area contributed by atoms with Gasteiger partial charge < -0.3 is 9.84 Å². The maximum atomic E-state index is 11.1. The van der Waals surface area contributed by atoms with Crippen LogP contribution >= 0.6 is 0 Å². The quantitative estimate of drug-likeness (QED) is 0.795. The van der Waals surface area contributed by atoms with Crippen LogP contribution in [0.4, 0.5) is 0 Å². The van der Waals surface area contributed by atoms with Gasteiger partial charge in [-0.1, -0.05) is 12.1 Å². The minimum absolute atomic E-state index is 0.0834. The Morgan fingerprint density at radius 1 is 1.10 bits per heavy atom. The summed E-state index contributed by atoms with van der Waals surface area (Å²) in [5.74, 6) is -0.843. The minimum Gasteiger partial charge on any atom is -0.486 e. The summed E-state index contributed by atoms with van der Waals surface area (Å²) >= 11 is 0. The van der Waals surface area contributed by atoms with E-state index in [4.69, 9.17) is 9.84 Å². The van der Waals surface area contributed by atoms with Gasteiger partial charge in [-0.15, -0.1) is 0 Å². The molecule has 5 heteroatoms. The van der Waals surface area contributed by atoms with Crippen molar-refractivity contribution in [2.75, 3.05) is 0 Å². The molecule has 0 bridgehead atoms. The summed E-state index contributed by atoms with van der Waals surface area (Å²) in [6, 6.07) is 12.9. The van der Waals surface area contributed by atoms with Gasteiger partial charge >= 0.3 is 5.97 Å². The van der Waals surface area contributed by atoms with E-state index in [1.54, 1.807) is 18.3 Å². The lowest BCUT2D eigenvalue weighted by molar-refractivity contribution is 0.0685. The number of hydrogen-bond donors (Lipinski definition) is 1. The third kappa shape index (κ3) is 2.81. The maximum absolute atomic E-state index is 11.1. The summed E-state index contributed by atoms with van der Waals surface area (Å²) in [5, 5.41) is 10.1. The molecule has 0 aliphatic carbocycles. The zero-order valence-corrected chi connectivity index (χ0v) is 11.1. The number of benzene rings is 1. The fourth-order valence-electron chi connectivity index (χ4n) is 2.04. The SMILES string of the molecule is O=C(O)c1ncccc1OCc1ccc2ncccc2c1. The number of fused-ring (bicyclic) bond motifs is 1. The molecule has 0 amide bonds. The fourth-order valence-corrected chi connectivity index (χ4v) is 2.04. The highest BCUT2D eigenvalue weighted by Gasteiger charge is 2.12. The van der Waals surface area contributed by atoms with Gasteiger partial charge in [0.1, 0.15) is 6.61 Å². The molecule has 2 aromatic heterocycles. The molecule has 0 saturated heterocycles. The van der Waals surface area contributed by atoms with Gasteiger partial charge in [0, 0.05) is 17.8 Å². The lowest BCUT2D eigenvalue weighted by Gasteiger charge is -2.08. The summed E-state index contributed by atoms with van der Waals surface area (Å²) < 4.78 is 5.57. The largest absolute Gasteiger partial charge is 0.486 e. The van der Waals surface area contributed by atoms with Gasteiger partial charge in [0.15, 0.2) is 11.4 Å². The lowest BCUT2D eigenvalue weighted by atomic mass is 10.1. The molecule has 0 radical (unpaired) electrons. The Hall–Kier alpha value is -2.95. The number of carboxylic acid groups (broad SMARTS) is 1. The first kappa shape index (κ1) is 13.1. The van der Waals surface area contributed by atoms with Gasteiger partial charge in [-0.3, -0.25) is 4.98 Å². The van der Waals surface area contributed by atoms with E-state index in [0.29, 0.717) is 0 Å². The van der Waals surface area contributed by atoms with Crippen LogP contribution < -0.4 is 4.74 Å². The van der Waals surface area contributed by atoms with E-state index in [-0.39, 0.29) is 18.1 Å². The van der Waals surface area contributed by atoms with Gasteiger partial charge in [-0.25, -0.2) is 9.78 Å². The van der Waals surface area contributed by atoms with Crippen molar-refractivity contribution in [3.63, 3.8) is 0 Å². The monoisotopic (exact) mass is 280 g/mol. The van der Waals surface area contributed by atoms with Gasteiger partial charge in [0.05, 0.1) is 5.52 Å². The zero-order valence-electron chi connectivity index (χ0n) is 11.1. The minimum atomic E-state index is -1.10. The highest BCUT2D eigenvalue weighted by Crippen LogP contribution is 2.19. The summed E-state index contributed by atoms with van der Waals surface area (Å²) in [7, 11) is 0. The van der Waals surface area contributed by atoms with Crippen molar-refractivity contribution in [1.82, 2.24) is 9.97 Å². The molecule has 104 valence electrons. The summed E-state index contributed by atoms with van der Waals surface area (Å²) in [6.07, 6.45) is 3.17. The standard InChI is InChI=1S/C16H12N2O3/c19-16(20)15-14(4-2-8-18-15)21-10-11-5-6-13-12(9-11)3-1-7-17-13/h1-9H,10H2,(H,19,20). The number of rotatable bonds is 4. The van der Waals surface area contributed by atoms with Crippen molar-refractivity contribution in [1.29, 1.82) is 0 Å². The Labute approximate surface area is 120 Å². The second kappa shape index (κ2) is 5.58. The average Bonchev–Trinajstić information content (AvgIpc) is 2.53. The topological polar surface area (TPSA) is 72.3 Å². The third-order valence-corrected chi connectivity index (χ3v) is 3.04. The fraction of sp³-hybridized carbons (Fsp3) is 0.0625. The summed E-state index contributed by atoms with van der Waals surface area (Å²) in [6.45, 7) is 0.275. The molecule has 1 N–H and O–H groups in total. The number of aromatic carboxylic acids is 1. The number of carboxylic acids is 1. The van der Waals surface area contributed by atoms with Crippen molar-refractivity contribution in [3.8, 4) is 5.75 Å². The van der Waals surface area contributed by atoms with E-state index in [1.165, 1.54) is 6.20 Å². The highest BCUT2D eigenvalue weighted by atomic mass is 16.5. The molecular formula is C16H12N2O3. The van der Waals surface area contributed by atoms with E-state index < -0.39 is 5.97 Å². The number of hydrogen-bond acceptors (Lipinski definition) is 4. The highest BCUT2D eigenvalue weighted by molar-refractivity contribution is 5.88. The predicted octanol–water partition coefficient (Wildman–Crippen LogP) is 2.91. The molecule has 0 atom stereocenters. The molecule has 5 nitrogen and oxygen atoms in total. The van der Waals surface area contributed by atoms with E-state index in [9.17, 15) is 4.79 Å². The first-order valence-corrected chi connectivity index (χ1v) is 6.39. The molecule has 0 unspecified atom stereocenters. The Kier molecular flexibility index (Phi) is 3.47. The van der Waals surface area contributed by atoms with Crippen LogP contribution in [0.1, 0.15) is 16.1 Å². The number of carbonyl (C=O) groups is 1. The van der Waals surface area contributed by atoms with Crippen LogP contribution in [-0.2, 0) is 6.61 Å². The Morgan fingerprint density at radius 2 is 1.90 bits per heavy atom. The molecule has 3 aromatic rings. The van der Waals surface area contributed by atoms with Crippen LogP contribution in [-0.4, -0.2) is 21.0 Å². The molecular weight excluding hydrogens is 268 g/mol. The van der Waals surface area contributed by atoms with E-state index >= 15 is 0 Å². The zero-order chi connectivity index (χ0) is 14.7. The molecule has 0 spiro atoms. The molecule has 0 fully saturated rings. The van der Waals surface area contributed by atoms with Crippen LogP contribution in [0.15, 0.2) is 54.9 Å². The maximum Gasteiger partial charge on any atom is 0.358 e. The summed E-state index contributed by atoms with van der Waals surface area (Å²) in [4.78, 5) is 19.1. The van der Waals surface area contributed by atoms with Crippen molar-refractivity contribution in [2.45, 2.75) is 6.61 Å². The first-order chi connectivity index (χ1) is 10.2. The average molecular weight is 280 g/mol. The second-order valence-electron chi connectivity index (χ2n) is 4.47. The van der Waals surface area contributed by atoms with Gasteiger partial charge in [-0.2, -0.15) is 0 Å². The first-order valence-electron chi connectivity index (χ1n) is 6.39. The van der Waals surface area contributed by atoms with Crippen LogP contribution in [0.5, 0.6) is 5.75 Å². The van der Waals surface area contributed by atoms with Crippen molar-refractivity contribution < 1.29 is 14.6 Å². The number of nitrogens with zero attached hydrogens (tertiary/aromatic N) is 2. The van der Waals surface area contributed by atoms with Crippen LogP contribution in [0.2, 0.25) is 0 Å². The summed E-state index contributed by atoms with van der Waals surface area (Å²) in [5.41, 5.74) is 1.77. The molecule has 2 heterocycles. The van der Waals surface area contributed by atoms with Crippen molar-refractivity contribution >= 4 is 16.9 Å². The van der Waals surface area contributed by atoms with Crippen LogP contribution in [0, 0.1) is 0 Å². The van der Waals surface area contributed by atoms with E-state index in [1.807, 2.05) is 30.3 Å². The second-order valence-corrected chi connectivity index (χ2v) is 4.47. The molecule has 0 aliphatic rings. The smallest absolute Gasteiger partial charge is 0.358 e. The normalized spacial score (nSPS) is 10.5. The molecule has 3 rings (SSSR count). The third-order valence-electron chi connectivity index (χ3n) is 3.04. The number of ether oxygens (including phenoxy) is 1. The molecule has 21 heavy (non-hydrogen) atoms. The van der Waals surface area contributed by atoms with E-state index in [2.05, 4.69) is 9.97 Å². The molecule has 1 aromatic carbocycles. The Balaban J connectivity index is 1.82. The van der Waals surface area contributed by atoms with Gasteiger partial charge in [0.25, 0.3) is 0 Å². The lowest BCUT2D eigenvalue weighted by Crippen LogP contribution is -2.05. The van der Waals surface area contributed by atoms with Crippen molar-refractivity contribution in [2.24, 2.45) is 0 Å². The van der Waals surface area contributed by atoms with Crippen LogP contribution in [0.25, 0.3) is 10.9 Å². The van der Waals surface area contributed by atoms with Crippen LogP contribution in [0.3, 0.4) is 0 Å². The molecule has 0 saturated carbocycles. The van der Waals surface area contributed by atoms with Gasteiger partial charge in [0.2, 0.25) is 0 Å². The number of aromatic nitrogens is 2.